The molecule has 0 aliphatic heterocycles. The van der Waals surface area contributed by atoms with E-state index in [0.717, 1.165) is 12.0 Å². The quantitative estimate of drug-likeness (QED) is 0.497. The van der Waals surface area contributed by atoms with E-state index in [2.05, 4.69) is 5.32 Å². The van der Waals surface area contributed by atoms with E-state index in [1.54, 1.807) is 13.2 Å². The van der Waals surface area contributed by atoms with E-state index in [1.807, 2.05) is 13.8 Å². The van der Waals surface area contributed by atoms with Gasteiger partial charge in [0.15, 0.2) is 0 Å². The van der Waals surface area contributed by atoms with E-state index < -0.39 is 0 Å². The van der Waals surface area contributed by atoms with Crippen LogP contribution in [0.2, 0.25) is 0 Å². The summed E-state index contributed by atoms with van der Waals surface area (Å²) in [6, 6.07) is 0. The number of methoxy groups -OCH3 is 1. The molecule has 0 atom stereocenters. The van der Waals surface area contributed by atoms with Gasteiger partial charge in [0, 0.05) is 26.3 Å². The fourth-order valence-electron chi connectivity index (χ4n) is 0.741. The highest BCUT2D eigenvalue weighted by atomic mass is 16.5. The number of rotatable bonds is 5. The van der Waals surface area contributed by atoms with Crippen molar-refractivity contribution in [1.82, 2.24) is 5.32 Å². The van der Waals surface area contributed by atoms with Crippen LogP contribution in [0.1, 0.15) is 20.3 Å². The molecule has 0 fully saturated rings. The van der Waals surface area contributed by atoms with Crippen LogP contribution in [-0.4, -0.2) is 26.2 Å². The maximum atomic E-state index is 11.0. The molecule has 0 aromatic heterocycles. The van der Waals surface area contributed by atoms with Gasteiger partial charge < -0.3 is 10.1 Å². The van der Waals surface area contributed by atoms with Crippen molar-refractivity contribution in [3.05, 3.63) is 11.6 Å². The molecule has 3 heteroatoms. The number of nitrogens with one attached hydrogen (secondary N) is 1. The second-order valence-electron chi connectivity index (χ2n) is 2.86. The summed E-state index contributed by atoms with van der Waals surface area (Å²) in [5.74, 6) is -0.0221. The van der Waals surface area contributed by atoms with Crippen LogP contribution in [0.5, 0.6) is 0 Å². The molecule has 0 bridgehead atoms. The first-order chi connectivity index (χ1) is 5.66. The fraction of sp³-hybridized carbons (Fsp3) is 0.667. The predicted molar refractivity (Wildman–Crippen MR) is 48.9 cm³/mol. The Balaban J connectivity index is 3.39. The van der Waals surface area contributed by atoms with Gasteiger partial charge in [0.1, 0.15) is 0 Å². The fourth-order valence-corrected chi connectivity index (χ4v) is 0.741. The van der Waals surface area contributed by atoms with Crippen LogP contribution >= 0.6 is 0 Å². The summed E-state index contributed by atoms with van der Waals surface area (Å²) in [6.07, 6.45) is 2.45. The normalized spacial score (nSPS) is 9.25. The van der Waals surface area contributed by atoms with Crippen LogP contribution < -0.4 is 5.32 Å². The number of carbonyl (C=O) groups excluding carboxylic acids is 1. The highest BCUT2D eigenvalue weighted by molar-refractivity contribution is 5.87. The van der Waals surface area contributed by atoms with E-state index in [1.165, 1.54) is 0 Å². The summed E-state index contributed by atoms with van der Waals surface area (Å²) < 4.78 is 4.84. The van der Waals surface area contributed by atoms with Crippen LogP contribution in [0.4, 0.5) is 0 Å². The van der Waals surface area contributed by atoms with Gasteiger partial charge in [-0.15, -0.1) is 0 Å². The summed E-state index contributed by atoms with van der Waals surface area (Å²) in [4.78, 5) is 11.0. The van der Waals surface area contributed by atoms with Crippen molar-refractivity contribution in [3.8, 4) is 0 Å². The molecule has 0 heterocycles. The molecule has 0 rings (SSSR count). The zero-order valence-electron chi connectivity index (χ0n) is 8.02. The number of carbonyl (C=O) groups is 1. The monoisotopic (exact) mass is 171 g/mol. The van der Waals surface area contributed by atoms with Crippen molar-refractivity contribution in [2.45, 2.75) is 20.3 Å². The van der Waals surface area contributed by atoms with Crippen LogP contribution in [-0.2, 0) is 9.53 Å². The Bertz CT molecular complexity index is 160. The Kier molecular flexibility index (Phi) is 6.38. The molecule has 0 aromatic rings. The average Bonchev–Trinajstić information content (AvgIpc) is 1.97. The average molecular weight is 171 g/mol. The molecule has 70 valence electrons. The van der Waals surface area contributed by atoms with Gasteiger partial charge in [-0.3, -0.25) is 4.79 Å². The Hall–Kier alpha value is -0.830. The lowest BCUT2D eigenvalue weighted by Gasteiger charge is -2.01. The zero-order valence-corrected chi connectivity index (χ0v) is 8.02. The Morgan fingerprint density at radius 3 is 2.67 bits per heavy atom. The molecule has 0 aliphatic rings. The first-order valence-electron chi connectivity index (χ1n) is 4.08. The van der Waals surface area contributed by atoms with Gasteiger partial charge >= 0.3 is 0 Å². The summed E-state index contributed by atoms with van der Waals surface area (Å²) in [5, 5.41) is 2.75. The largest absolute Gasteiger partial charge is 0.385 e. The van der Waals surface area contributed by atoms with Crippen LogP contribution in [0.25, 0.3) is 0 Å². The molecule has 0 saturated carbocycles. The van der Waals surface area contributed by atoms with E-state index in [4.69, 9.17) is 4.74 Å². The van der Waals surface area contributed by atoms with E-state index in [0.29, 0.717) is 13.2 Å². The molecule has 12 heavy (non-hydrogen) atoms. The third-order valence-electron chi connectivity index (χ3n) is 1.24. The number of ether oxygens (including phenoxy) is 1. The first-order valence-corrected chi connectivity index (χ1v) is 4.08. The van der Waals surface area contributed by atoms with Gasteiger partial charge in [-0.25, -0.2) is 0 Å². The van der Waals surface area contributed by atoms with Crippen LogP contribution in [0.3, 0.4) is 0 Å². The van der Waals surface area contributed by atoms with Gasteiger partial charge in [-0.05, 0) is 20.3 Å². The molecule has 3 nitrogen and oxygen atoms in total. The van der Waals surface area contributed by atoms with Crippen molar-refractivity contribution < 1.29 is 9.53 Å². The third-order valence-corrected chi connectivity index (χ3v) is 1.24. The summed E-state index contributed by atoms with van der Waals surface area (Å²) >= 11 is 0. The first kappa shape index (κ1) is 11.2. The van der Waals surface area contributed by atoms with Crippen molar-refractivity contribution in [2.75, 3.05) is 20.3 Å². The molecule has 0 spiro atoms. The summed E-state index contributed by atoms with van der Waals surface area (Å²) in [7, 11) is 1.65. The maximum Gasteiger partial charge on any atom is 0.243 e. The summed E-state index contributed by atoms with van der Waals surface area (Å²) in [5.41, 5.74) is 1.01. The lowest BCUT2D eigenvalue weighted by Crippen LogP contribution is -2.23. The van der Waals surface area contributed by atoms with Gasteiger partial charge in [0.2, 0.25) is 5.91 Å². The number of amides is 1. The molecular formula is C9H17NO2. The zero-order chi connectivity index (χ0) is 9.40. The predicted octanol–water partition coefficient (Wildman–Crippen LogP) is 1.11. The maximum absolute atomic E-state index is 11.0. The minimum absolute atomic E-state index is 0.0221. The standard InChI is InChI=1S/C9H17NO2/c1-8(2)7-9(11)10-5-4-6-12-3/h7H,4-6H2,1-3H3,(H,10,11). The second-order valence-corrected chi connectivity index (χ2v) is 2.86. The van der Waals surface area contributed by atoms with Crippen LogP contribution in [0.15, 0.2) is 11.6 Å². The topological polar surface area (TPSA) is 38.3 Å². The number of hydrogen-bond donors (Lipinski definition) is 1. The Morgan fingerprint density at radius 2 is 2.17 bits per heavy atom. The van der Waals surface area contributed by atoms with Crippen LogP contribution in [0, 0.1) is 0 Å². The molecular weight excluding hydrogens is 154 g/mol. The van der Waals surface area contributed by atoms with Crippen molar-refractivity contribution in [3.63, 3.8) is 0 Å². The molecule has 0 aliphatic carbocycles. The third kappa shape index (κ3) is 7.28. The molecule has 0 aromatic carbocycles. The van der Waals surface area contributed by atoms with Crippen molar-refractivity contribution in [2.24, 2.45) is 0 Å². The molecule has 1 amide bonds. The van der Waals surface area contributed by atoms with E-state index >= 15 is 0 Å². The van der Waals surface area contributed by atoms with Crippen molar-refractivity contribution >= 4 is 5.91 Å². The number of hydrogen-bond acceptors (Lipinski definition) is 2. The highest BCUT2D eigenvalue weighted by Gasteiger charge is 1.93. The summed E-state index contributed by atoms with van der Waals surface area (Å²) in [6.45, 7) is 5.16. The molecule has 1 N–H and O–H groups in total. The second kappa shape index (κ2) is 6.85. The highest BCUT2D eigenvalue weighted by Crippen LogP contribution is 1.87. The van der Waals surface area contributed by atoms with E-state index in [9.17, 15) is 4.79 Å². The molecule has 0 saturated heterocycles. The number of allylic oxidation sites excluding steroid dienone is 1. The van der Waals surface area contributed by atoms with Gasteiger partial charge in [-0.2, -0.15) is 0 Å². The molecule has 0 unspecified atom stereocenters. The lowest BCUT2D eigenvalue weighted by atomic mass is 10.3. The Morgan fingerprint density at radius 1 is 1.50 bits per heavy atom. The lowest BCUT2D eigenvalue weighted by molar-refractivity contribution is -0.116. The van der Waals surface area contributed by atoms with Gasteiger partial charge in [-0.1, -0.05) is 5.57 Å². The minimum Gasteiger partial charge on any atom is -0.385 e. The van der Waals surface area contributed by atoms with Gasteiger partial charge in [0.05, 0.1) is 0 Å². The Labute approximate surface area is 73.8 Å². The van der Waals surface area contributed by atoms with Crippen molar-refractivity contribution in [1.29, 1.82) is 0 Å². The van der Waals surface area contributed by atoms with Gasteiger partial charge in [0.25, 0.3) is 0 Å². The smallest absolute Gasteiger partial charge is 0.243 e. The minimum atomic E-state index is -0.0221. The van der Waals surface area contributed by atoms with E-state index in [-0.39, 0.29) is 5.91 Å². The molecule has 0 radical (unpaired) electrons. The SMILES string of the molecule is COCCCNC(=O)C=C(C)C.